The van der Waals surface area contributed by atoms with Crippen molar-refractivity contribution < 1.29 is 14.7 Å². The fraction of sp³-hybridized carbons (Fsp3) is 0.400. The van der Waals surface area contributed by atoms with E-state index >= 15 is 0 Å². The second kappa shape index (κ2) is 4.32. The number of hydrogen-bond acceptors (Lipinski definition) is 4. The quantitative estimate of drug-likeness (QED) is 0.320. The van der Waals surface area contributed by atoms with Crippen LogP contribution in [0, 0.1) is 22.5 Å². The molecule has 0 rings (SSSR count). The highest BCUT2D eigenvalue weighted by Crippen LogP contribution is 1.90. The molecule has 0 fully saturated rings. The van der Waals surface area contributed by atoms with E-state index in [1.54, 1.807) is 0 Å². The van der Waals surface area contributed by atoms with E-state index in [-0.39, 0.29) is 12.8 Å². The van der Waals surface area contributed by atoms with Gasteiger partial charge in [-0.3, -0.25) is 4.79 Å². The molecule has 0 aliphatic rings. The monoisotopic (exact) mass is 143 g/mol. The molecule has 0 N–H and O–H groups in total. The first-order valence-corrected chi connectivity index (χ1v) is 2.45. The lowest BCUT2D eigenvalue weighted by Gasteiger charge is -1.91. The lowest BCUT2D eigenvalue weighted by atomic mass is 10.3. The minimum Gasteiger partial charge on any atom is -0.268 e. The summed E-state index contributed by atoms with van der Waals surface area (Å²) in [5.41, 5.74) is 0. The summed E-state index contributed by atoms with van der Waals surface area (Å²) in [5, 5.41) is 8.33. The summed E-state index contributed by atoms with van der Waals surface area (Å²) in [6, 6.07) is 0. The van der Waals surface area contributed by atoms with Gasteiger partial charge in [-0.15, -0.1) is 22.5 Å². The molecule has 0 aromatic heterocycles. The molecule has 5 heteroatoms. The first kappa shape index (κ1) is 8.43. The molecule has 0 atom stereocenters. The molecule has 0 radical (unpaired) electrons. The second-order valence-electron chi connectivity index (χ2n) is 1.39. The van der Waals surface area contributed by atoms with Crippen molar-refractivity contribution in [2.45, 2.75) is 12.8 Å². The van der Waals surface area contributed by atoms with Crippen molar-refractivity contribution in [3.63, 3.8) is 0 Å². The van der Waals surface area contributed by atoms with Crippen molar-refractivity contribution in [3.8, 4) is 12.3 Å². The Balaban J connectivity index is 3.47. The van der Waals surface area contributed by atoms with Gasteiger partial charge in [-0.1, -0.05) is 0 Å². The van der Waals surface area contributed by atoms with Crippen molar-refractivity contribution in [2.75, 3.05) is 0 Å². The van der Waals surface area contributed by atoms with E-state index in [2.05, 4.69) is 10.8 Å². The van der Waals surface area contributed by atoms with Crippen LogP contribution in [0.4, 0.5) is 0 Å². The molecule has 0 spiro atoms. The number of rotatable bonds is 3. The van der Waals surface area contributed by atoms with Crippen LogP contribution < -0.4 is 0 Å². The summed E-state index contributed by atoms with van der Waals surface area (Å²) in [4.78, 5) is 23.3. The standard InChI is InChI=1S/C5H5NO4/c1-2-3-4-5(7)10-6(8)9/h1H,3-4H2. The molecule has 0 aliphatic heterocycles. The Bertz CT molecular complexity index is 181. The van der Waals surface area contributed by atoms with Gasteiger partial charge in [-0.05, 0) is 0 Å². The van der Waals surface area contributed by atoms with E-state index in [1.807, 2.05) is 0 Å². The van der Waals surface area contributed by atoms with Crippen LogP contribution in [0.15, 0.2) is 0 Å². The zero-order chi connectivity index (χ0) is 7.98. The minimum absolute atomic E-state index is 0.114. The molecule has 0 bridgehead atoms. The van der Waals surface area contributed by atoms with Gasteiger partial charge in [0.15, 0.2) is 0 Å². The Morgan fingerprint density at radius 3 is 2.80 bits per heavy atom. The topological polar surface area (TPSA) is 69.4 Å². The summed E-state index contributed by atoms with van der Waals surface area (Å²) in [6.07, 6.45) is 4.83. The van der Waals surface area contributed by atoms with E-state index < -0.39 is 11.1 Å². The number of carbonyl (C=O) groups is 1. The first-order valence-electron chi connectivity index (χ1n) is 2.45. The molecule has 0 aromatic rings. The lowest BCUT2D eigenvalue weighted by Crippen LogP contribution is -2.09. The Kier molecular flexibility index (Phi) is 3.64. The maximum Gasteiger partial charge on any atom is 0.304 e. The molecule has 5 nitrogen and oxygen atoms in total. The fourth-order valence-corrected chi connectivity index (χ4v) is 0.303. The SMILES string of the molecule is C#CCCC(=O)O[N+](=O)[O-]. The number of hydrogen-bond donors (Lipinski definition) is 0. The van der Waals surface area contributed by atoms with Crippen LogP contribution in [0.25, 0.3) is 0 Å². The van der Waals surface area contributed by atoms with Crippen molar-refractivity contribution in [3.05, 3.63) is 10.1 Å². The molecule has 0 saturated heterocycles. The Hall–Kier alpha value is -1.57. The van der Waals surface area contributed by atoms with Crippen LogP contribution in [0.1, 0.15) is 12.8 Å². The molecule has 0 saturated carbocycles. The van der Waals surface area contributed by atoms with Crippen LogP contribution in [0.5, 0.6) is 0 Å². The van der Waals surface area contributed by atoms with Crippen LogP contribution in [-0.4, -0.2) is 11.1 Å². The lowest BCUT2D eigenvalue weighted by molar-refractivity contribution is -0.729. The van der Waals surface area contributed by atoms with Crippen molar-refractivity contribution >= 4 is 5.97 Å². The predicted molar refractivity (Wildman–Crippen MR) is 31.2 cm³/mol. The Labute approximate surface area is 57.1 Å². The van der Waals surface area contributed by atoms with Gasteiger partial charge in [-0.2, -0.15) is 0 Å². The molecule has 0 amide bonds. The van der Waals surface area contributed by atoms with Crippen LogP contribution in [-0.2, 0) is 9.63 Å². The molecule has 0 heterocycles. The molecular formula is C5H5NO4. The largest absolute Gasteiger partial charge is 0.304 e. The van der Waals surface area contributed by atoms with Gasteiger partial charge in [0.05, 0.1) is 0 Å². The maximum absolute atomic E-state index is 10.3. The molecule has 54 valence electrons. The third-order valence-electron chi connectivity index (χ3n) is 0.650. The molecule has 10 heavy (non-hydrogen) atoms. The van der Waals surface area contributed by atoms with Gasteiger partial charge >= 0.3 is 11.1 Å². The van der Waals surface area contributed by atoms with Crippen LogP contribution in [0.3, 0.4) is 0 Å². The van der Waals surface area contributed by atoms with Crippen molar-refractivity contribution in [2.24, 2.45) is 0 Å². The zero-order valence-electron chi connectivity index (χ0n) is 5.07. The van der Waals surface area contributed by atoms with E-state index in [0.717, 1.165) is 0 Å². The smallest absolute Gasteiger partial charge is 0.268 e. The molecular weight excluding hydrogens is 138 g/mol. The van der Waals surface area contributed by atoms with Gasteiger partial charge < -0.3 is 0 Å². The molecule has 0 unspecified atom stereocenters. The zero-order valence-corrected chi connectivity index (χ0v) is 5.07. The van der Waals surface area contributed by atoms with Gasteiger partial charge in [0, 0.05) is 12.8 Å². The summed E-state index contributed by atoms with van der Waals surface area (Å²) < 4.78 is 0. The van der Waals surface area contributed by atoms with E-state index in [9.17, 15) is 14.9 Å². The van der Waals surface area contributed by atoms with E-state index in [1.165, 1.54) is 0 Å². The van der Waals surface area contributed by atoms with Crippen LogP contribution >= 0.6 is 0 Å². The second-order valence-corrected chi connectivity index (χ2v) is 1.39. The Morgan fingerprint density at radius 2 is 2.40 bits per heavy atom. The van der Waals surface area contributed by atoms with Crippen LogP contribution in [0.2, 0.25) is 0 Å². The number of terminal acetylenes is 1. The normalized spacial score (nSPS) is 7.90. The fourth-order valence-electron chi connectivity index (χ4n) is 0.303. The third kappa shape index (κ3) is 4.59. The number of nitrogens with zero attached hydrogens (tertiary/aromatic N) is 1. The van der Waals surface area contributed by atoms with E-state index in [0.29, 0.717) is 0 Å². The van der Waals surface area contributed by atoms with Crippen molar-refractivity contribution in [1.82, 2.24) is 0 Å². The average Bonchev–Trinajstić information content (AvgIpc) is 1.82. The van der Waals surface area contributed by atoms with Gasteiger partial charge in [0.1, 0.15) is 0 Å². The highest BCUT2D eigenvalue weighted by molar-refractivity contribution is 5.68. The highest BCUT2D eigenvalue weighted by atomic mass is 17.0. The molecule has 0 aliphatic carbocycles. The van der Waals surface area contributed by atoms with Crippen molar-refractivity contribution in [1.29, 1.82) is 0 Å². The highest BCUT2D eigenvalue weighted by Gasteiger charge is 2.04. The minimum atomic E-state index is -1.15. The summed E-state index contributed by atoms with van der Waals surface area (Å²) in [7, 11) is 0. The number of carbonyl (C=O) groups excluding carboxylic acids is 1. The summed E-state index contributed by atoms with van der Waals surface area (Å²) in [6.45, 7) is 0. The first-order chi connectivity index (χ1) is 4.66. The molecule has 0 aromatic carbocycles. The summed E-state index contributed by atoms with van der Waals surface area (Å²) >= 11 is 0. The average molecular weight is 143 g/mol. The van der Waals surface area contributed by atoms with Gasteiger partial charge in [0.25, 0.3) is 0 Å². The van der Waals surface area contributed by atoms with Gasteiger partial charge in [0.2, 0.25) is 0 Å². The third-order valence-corrected chi connectivity index (χ3v) is 0.650. The predicted octanol–water partition coefficient (Wildman–Crippen LogP) is 0.135. The van der Waals surface area contributed by atoms with Gasteiger partial charge in [-0.25, -0.2) is 4.84 Å². The maximum atomic E-state index is 10.3. The summed E-state index contributed by atoms with van der Waals surface area (Å²) in [5.74, 6) is 1.23. The Morgan fingerprint density at radius 1 is 1.80 bits per heavy atom. The van der Waals surface area contributed by atoms with E-state index in [4.69, 9.17) is 6.42 Å².